The van der Waals surface area contributed by atoms with E-state index in [0.29, 0.717) is 6.61 Å². The van der Waals surface area contributed by atoms with Crippen LogP contribution in [0.5, 0.6) is 11.5 Å². The molecular formula is C33H28Br2N2O3. The molecule has 0 bridgehead atoms. The summed E-state index contributed by atoms with van der Waals surface area (Å²) in [7, 11) is 0. The van der Waals surface area contributed by atoms with E-state index in [-0.39, 0.29) is 6.02 Å². The molecule has 4 aromatic rings. The van der Waals surface area contributed by atoms with Crippen LogP contribution in [-0.2, 0) is 23.1 Å². The molecular weight excluding hydrogens is 632 g/mol. The molecule has 0 saturated carbocycles. The van der Waals surface area contributed by atoms with E-state index in [1.807, 2.05) is 36.4 Å². The van der Waals surface area contributed by atoms with E-state index in [9.17, 15) is 0 Å². The van der Waals surface area contributed by atoms with E-state index in [1.54, 1.807) is 0 Å². The van der Waals surface area contributed by atoms with Gasteiger partial charge in [0.1, 0.15) is 18.1 Å². The summed E-state index contributed by atoms with van der Waals surface area (Å²) in [5.74, 6) is 1.98. The number of ether oxygens (including phenoxy) is 3. The highest BCUT2D eigenvalue weighted by Crippen LogP contribution is 2.40. The van der Waals surface area contributed by atoms with Crippen LogP contribution in [0.2, 0.25) is 0 Å². The van der Waals surface area contributed by atoms with Gasteiger partial charge in [-0.3, -0.25) is 0 Å². The van der Waals surface area contributed by atoms with Crippen molar-refractivity contribution >= 4 is 43.5 Å². The molecule has 3 aliphatic heterocycles. The maximum absolute atomic E-state index is 5.83. The van der Waals surface area contributed by atoms with Crippen LogP contribution in [0.15, 0.2) is 105 Å². The van der Waals surface area contributed by atoms with E-state index in [4.69, 9.17) is 19.9 Å². The van der Waals surface area contributed by atoms with Crippen molar-refractivity contribution in [1.82, 2.24) is 0 Å². The molecule has 4 aromatic carbocycles. The first-order valence-corrected chi connectivity index (χ1v) is 14.7. The number of halogens is 2. The molecule has 1 atom stereocenters. The van der Waals surface area contributed by atoms with Crippen LogP contribution < -0.4 is 15.2 Å². The normalized spacial score (nSPS) is 18.3. The second-order valence-corrected chi connectivity index (χ2v) is 11.8. The van der Waals surface area contributed by atoms with Crippen molar-refractivity contribution < 1.29 is 14.2 Å². The van der Waals surface area contributed by atoms with Crippen LogP contribution in [0.1, 0.15) is 33.4 Å². The third-order valence-corrected chi connectivity index (χ3v) is 8.40. The summed E-state index contributed by atoms with van der Waals surface area (Å²) >= 11 is 7.02. The van der Waals surface area contributed by atoms with Gasteiger partial charge in [0.15, 0.2) is 5.54 Å². The molecule has 202 valence electrons. The van der Waals surface area contributed by atoms with Crippen molar-refractivity contribution in [2.75, 3.05) is 19.8 Å². The van der Waals surface area contributed by atoms with Crippen LogP contribution in [0.4, 0.5) is 0 Å². The lowest BCUT2D eigenvalue weighted by molar-refractivity contribution is 0.278. The maximum atomic E-state index is 5.83. The van der Waals surface area contributed by atoms with E-state index < -0.39 is 5.54 Å². The number of rotatable bonds is 4. The van der Waals surface area contributed by atoms with Crippen molar-refractivity contribution in [2.45, 2.75) is 18.4 Å². The summed E-state index contributed by atoms with van der Waals surface area (Å²) in [6.07, 6.45) is 1.92. The first-order chi connectivity index (χ1) is 19.4. The molecule has 0 aliphatic carbocycles. The van der Waals surface area contributed by atoms with E-state index >= 15 is 0 Å². The molecule has 7 heteroatoms. The number of aliphatic imine (C=N–C) groups is 1. The summed E-state index contributed by atoms with van der Waals surface area (Å²) in [5, 5.41) is 0. The van der Waals surface area contributed by atoms with E-state index in [1.165, 1.54) is 11.1 Å². The van der Waals surface area contributed by atoms with E-state index in [2.05, 4.69) is 92.0 Å². The van der Waals surface area contributed by atoms with Crippen LogP contribution in [0, 0.1) is 0 Å². The van der Waals surface area contributed by atoms with Crippen molar-refractivity contribution in [3.05, 3.63) is 134 Å². The largest absolute Gasteiger partial charge is 0.493 e. The molecule has 0 spiro atoms. The quantitative estimate of drug-likeness (QED) is 0.248. The fourth-order valence-electron chi connectivity index (χ4n) is 5.30. The van der Waals surface area contributed by atoms with Crippen molar-refractivity contribution in [2.24, 2.45) is 10.7 Å². The molecule has 0 radical (unpaired) electrons. The second kappa shape index (κ2) is 11.1. The Bertz CT molecular complexity index is 1630. The maximum Gasteiger partial charge on any atom is 0.283 e. The van der Waals surface area contributed by atoms with Gasteiger partial charge in [0.2, 0.25) is 0 Å². The summed E-state index contributed by atoms with van der Waals surface area (Å²) < 4.78 is 18.7. The second-order valence-electron chi connectivity index (χ2n) is 9.94. The molecule has 5 nitrogen and oxygen atoms in total. The van der Waals surface area contributed by atoms with Gasteiger partial charge in [-0.1, -0.05) is 74.8 Å². The third kappa shape index (κ3) is 5.28. The van der Waals surface area contributed by atoms with Crippen molar-refractivity contribution in [1.29, 1.82) is 0 Å². The van der Waals surface area contributed by atoms with Crippen LogP contribution >= 0.6 is 31.9 Å². The van der Waals surface area contributed by atoms with Gasteiger partial charge < -0.3 is 19.9 Å². The first-order valence-electron chi connectivity index (χ1n) is 13.1. The Balaban J connectivity index is 0.000000148. The summed E-state index contributed by atoms with van der Waals surface area (Å²) in [4.78, 5) is 4.64. The molecule has 0 saturated heterocycles. The minimum atomic E-state index is -0.592. The lowest BCUT2D eigenvalue weighted by atomic mass is 9.83. The minimum Gasteiger partial charge on any atom is -0.493 e. The molecule has 0 aromatic heterocycles. The number of nitrogens with two attached hydrogens (primary N) is 1. The van der Waals surface area contributed by atoms with Gasteiger partial charge in [-0.2, -0.15) is 0 Å². The highest BCUT2D eigenvalue weighted by molar-refractivity contribution is 9.10. The molecule has 0 amide bonds. The predicted molar refractivity (Wildman–Crippen MR) is 166 cm³/mol. The molecule has 40 heavy (non-hydrogen) atoms. The highest BCUT2D eigenvalue weighted by Gasteiger charge is 2.40. The standard InChI is InChI=1S/C17H15BrN2O2.C16H13BrO/c18-14-3-1-2-12(9-14)17(10-22-16(19)20-17)13-4-5-15-11(8-13)6-7-21-15;1-11(12-3-2-4-15(17)10-12)13-5-6-16-14(9-13)7-8-18-16/h1-5,8-9H,6-7,10H2,(H2,19,20);2-6,9-10H,1,7-8H2. The summed E-state index contributed by atoms with van der Waals surface area (Å²) in [6.45, 7) is 6.15. The number of benzene rings is 4. The topological polar surface area (TPSA) is 66.1 Å². The molecule has 0 fully saturated rings. The molecule has 7 rings (SSSR count). The lowest BCUT2D eigenvalue weighted by Gasteiger charge is -2.26. The van der Waals surface area contributed by atoms with Gasteiger partial charge in [-0.25, -0.2) is 4.99 Å². The molecule has 3 aliphatic rings. The smallest absolute Gasteiger partial charge is 0.283 e. The van der Waals surface area contributed by atoms with Gasteiger partial charge in [0.05, 0.1) is 13.2 Å². The Morgan fingerprint density at radius 1 is 0.725 bits per heavy atom. The minimum absolute atomic E-state index is 0.233. The lowest BCUT2D eigenvalue weighted by Crippen LogP contribution is -2.27. The number of fused-ring (bicyclic) bond motifs is 2. The average molecular weight is 660 g/mol. The van der Waals surface area contributed by atoms with Crippen LogP contribution in [0.25, 0.3) is 5.57 Å². The number of amidine groups is 1. The molecule has 2 N–H and O–H groups in total. The Morgan fingerprint density at radius 3 is 2.02 bits per heavy atom. The Kier molecular flexibility index (Phi) is 7.43. The zero-order valence-electron chi connectivity index (χ0n) is 21.8. The van der Waals surface area contributed by atoms with Crippen molar-refractivity contribution in [3.8, 4) is 11.5 Å². The zero-order valence-corrected chi connectivity index (χ0v) is 25.0. The molecule has 3 heterocycles. The fourth-order valence-corrected chi connectivity index (χ4v) is 6.10. The summed E-state index contributed by atoms with van der Waals surface area (Å²) in [6, 6.07) is 29.1. The predicted octanol–water partition coefficient (Wildman–Crippen LogP) is 7.42. The Morgan fingerprint density at radius 2 is 1.35 bits per heavy atom. The highest BCUT2D eigenvalue weighted by atomic mass is 79.9. The van der Waals surface area contributed by atoms with Gasteiger partial charge in [-0.05, 0) is 87.5 Å². The SMILES string of the molecule is C=C(c1cccc(Br)c1)c1ccc2c(c1)CCO2.NC1=NC(c2cccc(Br)c2)(c2ccc3c(c2)CCO3)CO1. The van der Waals surface area contributed by atoms with Gasteiger partial charge in [0.25, 0.3) is 6.02 Å². The zero-order chi connectivity index (χ0) is 27.7. The average Bonchev–Trinajstić information content (AvgIpc) is 3.72. The number of nitrogens with zero attached hydrogens (tertiary/aromatic N) is 1. The Labute approximate surface area is 250 Å². The van der Waals surface area contributed by atoms with Crippen LogP contribution in [0.3, 0.4) is 0 Å². The number of hydrogen-bond donors (Lipinski definition) is 1. The van der Waals surface area contributed by atoms with E-state index in [0.717, 1.165) is 74.3 Å². The van der Waals surface area contributed by atoms with Gasteiger partial charge in [0, 0.05) is 21.8 Å². The van der Waals surface area contributed by atoms with Crippen molar-refractivity contribution in [3.63, 3.8) is 0 Å². The van der Waals surface area contributed by atoms with Crippen LogP contribution in [-0.4, -0.2) is 25.8 Å². The third-order valence-electron chi connectivity index (χ3n) is 7.41. The van der Waals surface area contributed by atoms with Gasteiger partial charge in [-0.15, -0.1) is 0 Å². The first kappa shape index (κ1) is 26.7. The number of hydrogen-bond acceptors (Lipinski definition) is 5. The molecule has 1 unspecified atom stereocenters. The fraction of sp³-hybridized carbons (Fsp3) is 0.182. The monoisotopic (exact) mass is 658 g/mol. The van der Waals surface area contributed by atoms with Gasteiger partial charge >= 0.3 is 0 Å². The Hall–Kier alpha value is -3.55. The summed E-state index contributed by atoms with van der Waals surface area (Å²) in [5.41, 5.74) is 13.2.